The highest BCUT2D eigenvalue weighted by atomic mass is 16.2. The third kappa shape index (κ3) is 3.98. The van der Waals surface area contributed by atoms with Crippen LogP contribution >= 0.6 is 0 Å². The van der Waals surface area contributed by atoms with Gasteiger partial charge >= 0.3 is 0 Å². The van der Waals surface area contributed by atoms with Gasteiger partial charge < -0.3 is 10.2 Å². The Labute approximate surface area is 200 Å². The molecule has 1 aliphatic carbocycles. The lowest BCUT2D eigenvalue weighted by Crippen LogP contribution is -2.62. The summed E-state index contributed by atoms with van der Waals surface area (Å²) in [5.41, 5.74) is 2.63. The molecule has 2 aromatic rings. The van der Waals surface area contributed by atoms with Gasteiger partial charge in [-0.2, -0.15) is 0 Å². The zero-order chi connectivity index (χ0) is 23.7. The van der Waals surface area contributed by atoms with Crippen molar-refractivity contribution in [2.24, 2.45) is 0 Å². The van der Waals surface area contributed by atoms with Gasteiger partial charge in [0.15, 0.2) is 0 Å². The molecule has 0 atom stereocenters. The molecule has 2 aromatic carbocycles. The van der Waals surface area contributed by atoms with Crippen molar-refractivity contribution in [1.29, 1.82) is 0 Å². The summed E-state index contributed by atoms with van der Waals surface area (Å²) in [6, 6.07) is 15.4. The van der Waals surface area contributed by atoms with Gasteiger partial charge in [-0.15, -0.1) is 0 Å². The fourth-order valence-electron chi connectivity index (χ4n) is 5.57. The average molecular weight is 461 g/mol. The van der Waals surface area contributed by atoms with Crippen molar-refractivity contribution in [3.63, 3.8) is 0 Å². The monoisotopic (exact) mass is 460 g/mol. The van der Waals surface area contributed by atoms with Crippen LogP contribution < -0.4 is 10.2 Å². The summed E-state index contributed by atoms with van der Waals surface area (Å²) >= 11 is 0. The number of rotatable bonds is 4. The average Bonchev–Trinajstić information content (AvgIpc) is 3.35. The third-order valence-corrected chi connectivity index (χ3v) is 7.55. The second kappa shape index (κ2) is 9.22. The van der Waals surface area contributed by atoms with Gasteiger partial charge in [-0.25, -0.2) is 0 Å². The van der Waals surface area contributed by atoms with Crippen molar-refractivity contribution in [3.8, 4) is 0 Å². The van der Waals surface area contributed by atoms with Crippen molar-refractivity contribution < 1.29 is 14.4 Å². The lowest BCUT2D eigenvalue weighted by atomic mass is 9.89. The van der Waals surface area contributed by atoms with E-state index in [1.165, 1.54) is 5.56 Å². The van der Waals surface area contributed by atoms with Crippen molar-refractivity contribution >= 4 is 29.1 Å². The Balaban J connectivity index is 1.26. The number of carbonyl (C=O) groups is 3. The van der Waals surface area contributed by atoms with Crippen LogP contribution in [0.4, 0.5) is 11.4 Å². The highest BCUT2D eigenvalue weighted by molar-refractivity contribution is 6.15. The third-order valence-electron chi connectivity index (χ3n) is 7.55. The molecule has 0 unspecified atom stereocenters. The first kappa shape index (κ1) is 22.6. The number of carbonyl (C=O) groups excluding carboxylic acids is 3. The predicted octanol–water partition coefficient (Wildman–Crippen LogP) is 3.30. The number of fused-ring (bicyclic) bond motifs is 1. The van der Waals surface area contributed by atoms with E-state index >= 15 is 0 Å². The van der Waals surface area contributed by atoms with Crippen LogP contribution in [0.25, 0.3) is 0 Å². The normalized spacial score (nSPS) is 19.7. The Morgan fingerprint density at radius 2 is 1.62 bits per heavy atom. The topological polar surface area (TPSA) is 73.0 Å². The summed E-state index contributed by atoms with van der Waals surface area (Å²) in [6.07, 6.45) is 4.22. The minimum atomic E-state index is -0.784. The largest absolute Gasteiger partial charge is 0.336 e. The number of para-hydroxylation sites is 2. The van der Waals surface area contributed by atoms with E-state index in [4.69, 9.17) is 0 Å². The first-order valence-corrected chi connectivity index (χ1v) is 12.4. The van der Waals surface area contributed by atoms with Gasteiger partial charge in [-0.05, 0) is 49.1 Å². The van der Waals surface area contributed by atoms with Gasteiger partial charge in [0.2, 0.25) is 5.91 Å². The van der Waals surface area contributed by atoms with E-state index in [2.05, 4.69) is 17.1 Å². The highest BCUT2D eigenvalue weighted by Gasteiger charge is 2.52. The molecule has 178 valence electrons. The van der Waals surface area contributed by atoms with Crippen LogP contribution in [0.15, 0.2) is 48.5 Å². The Morgan fingerprint density at radius 1 is 0.941 bits per heavy atom. The zero-order valence-corrected chi connectivity index (χ0v) is 19.8. The van der Waals surface area contributed by atoms with Gasteiger partial charge in [0, 0.05) is 31.7 Å². The van der Waals surface area contributed by atoms with Gasteiger partial charge in [-0.1, -0.05) is 44.0 Å². The number of hydrogen-bond donors (Lipinski definition) is 1. The van der Waals surface area contributed by atoms with E-state index in [0.29, 0.717) is 50.3 Å². The number of nitrogens with zero attached hydrogens (tertiary/aromatic N) is 3. The molecule has 2 heterocycles. The van der Waals surface area contributed by atoms with E-state index in [-0.39, 0.29) is 24.3 Å². The molecule has 0 bridgehead atoms. The number of nitrogens with one attached hydrogen (secondary N) is 1. The number of piperazine rings is 1. The van der Waals surface area contributed by atoms with E-state index in [1.807, 2.05) is 53.4 Å². The van der Waals surface area contributed by atoms with Crippen LogP contribution in [0.3, 0.4) is 0 Å². The molecule has 0 aromatic heterocycles. The second-order valence-electron chi connectivity index (χ2n) is 9.56. The smallest absolute Gasteiger partial charge is 0.253 e. The molecule has 1 saturated carbocycles. The van der Waals surface area contributed by atoms with Crippen LogP contribution in [0.1, 0.15) is 48.5 Å². The number of aryl methyl sites for hydroxylation is 1. The molecule has 7 heteroatoms. The Hall–Kier alpha value is -3.19. The molecule has 2 aliphatic heterocycles. The fourth-order valence-corrected chi connectivity index (χ4v) is 5.57. The second-order valence-corrected chi connectivity index (χ2v) is 9.56. The predicted molar refractivity (Wildman–Crippen MR) is 132 cm³/mol. The molecular formula is C27H32N4O3. The van der Waals surface area contributed by atoms with E-state index in [9.17, 15) is 14.4 Å². The molecule has 7 nitrogen and oxygen atoms in total. The first-order chi connectivity index (χ1) is 16.5. The SMILES string of the molecule is CCc1ccc(C(=O)N2CCN(CC(=O)N3c4ccccc4NC(=O)C34CCCC4)CC2)cc1. The summed E-state index contributed by atoms with van der Waals surface area (Å²) in [5.74, 6) is -0.0687. The molecule has 34 heavy (non-hydrogen) atoms. The number of benzene rings is 2. The molecular weight excluding hydrogens is 428 g/mol. The van der Waals surface area contributed by atoms with Crippen molar-refractivity contribution in [3.05, 3.63) is 59.7 Å². The maximum Gasteiger partial charge on any atom is 0.253 e. The lowest BCUT2D eigenvalue weighted by Gasteiger charge is -2.45. The highest BCUT2D eigenvalue weighted by Crippen LogP contribution is 2.45. The molecule has 3 aliphatic rings. The lowest BCUT2D eigenvalue weighted by molar-refractivity contribution is -0.128. The van der Waals surface area contributed by atoms with Crippen molar-refractivity contribution in [2.45, 2.75) is 44.6 Å². The quantitative estimate of drug-likeness (QED) is 0.760. The number of hydrogen-bond acceptors (Lipinski definition) is 4. The minimum Gasteiger partial charge on any atom is -0.336 e. The summed E-state index contributed by atoms with van der Waals surface area (Å²) in [4.78, 5) is 45.4. The summed E-state index contributed by atoms with van der Waals surface area (Å²) in [6.45, 7) is 4.80. The Morgan fingerprint density at radius 3 is 2.29 bits per heavy atom. The van der Waals surface area contributed by atoms with E-state index in [0.717, 1.165) is 24.9 Å². The molecule has 0 radical (unpaired) electrons. The van der Waals surface area contributed by atoms with Crippen LogP contribution in [0, 0.1) is 0 Å². The van der Waals surface area contributed by atoms with Gasteiger partial charge in [0.1, 0.15) is 5.54 Å². The Kier molecular flexibility index (Phi) is 6.13. The summed E-state index contributed by atoms with van der Waals surface area (Å²) in [5, 5.41) is 3.03. The molecule has 5 rings (SSSR count). The zero-order valence-electron chi connectivity index (χ0n) is 19.8. The van der Waals surface area contributed by atoms with Crippen LogP contribution in [0.5, 0.6) is 0 Å². The molecule has 1 saturated heterocycles. The van der Waals surface area contributed by atoms with Crippen molar-refractivity contribution in [2.75, 3.05) is 42.9 Å². The van der Waals surface area contributed by atoms with E-state index < -0.39 is 5.54 Å². The maximum atomic E-state index is 13.7. The molecule has 1 N–H and O–H groups in total. The van der Waals surface area contributed by atoms with Crippen LogP contribution in [-0.2, 0) is 16.0 Å². The van der Waals surface area contributed by atoms with E-state index in [1.54, 1.807) is 4.90 Å². The van der Waals surface area contributed by atoms with Gasteiger partial charge in [-0.3, -0.25) is 24.2 Å². The molecule has 1 spiro atoms. The van der Waals surface area contributed by atoms with Crippen LogP contribution in [0.2, 0.25) is 0 Å². The summed E-state index contributed by atoms with van der Waals surface area (Å²) in [7, 11) is 0. The molecule has 3 amide bonds. The number of anilines is 2. The van der Waals surface area contributed by atoms with Gasteiger partial charge in [0.05, 0.1) is 17.9 Å². The minimum absolute atomic E-state index is 0.0418. The maximum absolute atomic E-state index is 13.7. The first-order valence-electron chi connectivity index (χ1n) is 12.4. The van der Waals surface area contributed by atoms with Gasteiger partial charge in [0.25, 0.3) is 11.8 Å². The number of amides is 3. The van der Waals surface area contributed by atoms with Crippen LogP contribution in [-0.4, -0.2) is 65.8 Å². The summed E-state index contributed by atoms with van der Waals surface area (Å²) < 4.78 is 0. The standard InChI is InChI=1S/C27H32N4O3/c1-2-20-9-11-21(12-10-20)25(33)30-17-15-29(16-18-30)19-24(32)31-23-8-4-3-7-22(23)28-26(34)27(31)13-5-6-14-27/h3-4,7-12H,2,5-6,13-19H2,1H3,(H,28,34). The fraction of sp³-hybridized carbons (Fsp3) is 0.444. The Bertz CT molecular complexity index is 1080. The molecule has 2 fully saturated rings. The van der Waals surface area contributed by atoms with Crippen molar-refractivity contribution in [1.82, 2.24) is 9.80 Å².